The van der Waals surface area contributed by atoms with E-state index in [-0.39, 0.29) is 34.3 Å². The van der Waals surface area contributed by atoms with E-state index in [1.807, 2.05) is 30.3 Å². The Hall–Kier alpha value is -5.36. The summed E-state index contributed by atoms with van der Waals surface area (Å²) in [4.78, 5) is 24.1. The first-order valence-corrected chi connectivity index (χ1v) is 16.0. The highest BCUT2D eigenvalue weighted by molar-refractivity contribution is 7.92. The maximum Gasteiger partial charge on any atom is 0.293 e. The molecule has 10 nitrogen and oxygen atoms in total. The monoisotopic (exact) mass is 639 g/mol. The number of para-hydroxylation sites is 2. The SMILES string of the molecule is C/C(=N/NC(=O)CN(c1ccccc1[N+](=O)[O-])S(=O)(=O)c1ccccc1)c1ccc2c(c1)[C@@H]1C=CC[C@H]1[C@H](c1ccc(F)cc1)N2. The van der Waals surface area contributed by atoms with E-state index in [2.05, 4.69) is 28.0 Å². The Morgan fingerprint density at radius 1 is 1.04 bits per heavy atom. The van der Waals surface area contributed by atoms with Gasteiger partial charge in [-0.3, -0.25) is 14.9 Å². The molecule has 46 heavy (non-hydrogen) atoms. The number of hydrazone groups is 1. The van der Waals surface area contributed by atoms with Crippen molar-refractivity contribution in [3.8, 4) is 0 Å². The number of hydrogen-bond donors (Lipinski definition) is 2. The number of benzene rings is 4. The third kappa shape index (κ3) is 5.98. The molecule has 0 bridgehead atoms. The second-order valence-corrected chi connectivity index (χ2v) is 13.0. The molecular formula is C34H30FN5O5S. The molecule has 0 saturated heterocycles. The molecule has 12 heteroatoms. The van der Waals surface area contributed by atoms with Crippen LogP contribution in [0.5, 0.6) is 0 Å². The number of allylic oxidation sites excluding steroid dienone is 2. The molecule has 0 saturated carbocycles. The molecular weight excluding hydrogens is 609 g/mol. The summed E-state index contributed by atoms with van der Waals surface area (Å²) in [6.45, 7) is 0.981. The number of rotatable bonds is 9. The van der Waals surface area contributed by atoms with Crippen LogP contribution in [-0.2, 0) is 14.8 Å². The maximum atomic E-state index is 13.6. The van der Waals surface area contributed by atoms with Crippen molar-refractivity contribution in [2.45, 2.75) is 30.2 Å². The fraction of sp³-hybridized carbons (Fsp3) is 0.176. The molecule has 2 aliphatic rings. The van der Waals surface area contributed by atoms with E-state index in [1.54, 1.807) is 13.0 Å². The van der Waals surface area contributed by atoms with Crippen molar-refractivity contribution in [2.75, 3.05) is 16.2 Å². The zero-order valence-electron chi connectivity index (χ0n) is 24.7. The number of nitro benzene ring substituents is 1. The Morgan fingerprint density at radius 2 is 1.76 bits per heavy atom. The summed E-state index contributed by atoms with van der Waals surface area (Å²) in [5.74, 6) is -0.686. The quantitative estimate of drug-likeness (QED) is 0.0956. The van der Waals surface area contributed by atoms with Crippen molar-refractivity contribution in [1.82, 2.24) is 5.43 Å². The van der Waals surface area contributed by atoms with Gasteiger partial charge in [-0.15, -0.1) is 0 Å². The number of nitro groups is 1. The lowest BCUT2D eigenvalue weighted by molar-refractivity contribution is -0.384. The number of halogens is 1. The van der Waals surface area contributed by atoms with Gasteiger partial charge in [-0.1, -0.05) is 60.7 Å². The molecule has 0 aromatic heterocycles. The maximum absolute atomic E-state index is 13.6. The second kappa shape index (κ2) is 12.6. The van der Waals surface area contributed by atoms with Crippen LogP contribution in [0.1, 0.15) is 42.0 Å². The van der Waals surface area contributed by atoms with Crippen molar-refractivity contribution in [2.24, 2.45) is 11.0 Å². The van der Waals surface area contributed by atoms with Gasteiger partial charge in [0, 0.05) is 17.7 Å². The topological polar surface area (TPSA) is 134 Å². The number of hydrogen-bond acceptors (Lipinski definition) is 7. The lowest BCUT2D eigenvalue weighted by Crippen LogP contribution is -2.40. The van der Waals surface area contributed by atoms with E-state index in [4.69, 9.17) is 0 Å². The van der Waals surface area contributed by atoms with Gasteiger partial charge in [-0.2, -0.15) is 5.10 Å². The van der Waals surface area contributed by atoms with E-state index in [9.17, 15) is 27.7 Å². The van der Waals surface area contributed by atoms with Gasteiger partial charge in [0.2, 0.25) is 0 Å². The highest BCUT2D eigenvalue weighted by atomic mass is 32.2. The molecule has 0 unspecified atom stereocenters. The van der Waals surface area contributed by atoms with Crippen LogP contribution in [0.4, 0.5) is 21.5 Å². The smallest absolute Gasteiger partial charge is 0.293 e. The summed E-state index contributed by atoms with van der Waals surface area (Å²) in [5, 5.41) is 19.6. The van der Waals surface area contributed by atoms with Crippen LogP contribution in [0.3, 0.4) is 0 Å². The van der Waals surface area contributed by atoms with Gasteiger partial charge in [0.1, 0.15) is 18.0 Å². The van der Waals surface area contributed by atoms with Crippen molar-refractivity contribution >= 4 is 38.7 Å². The van der Waals surface area contributed by atoms with Crippen LogP contribution in [0.15, 0.2) is 119 Å². The highest BCUT2D eigenvalue weighted by Gasteiger charge is 2.38. The van der Waals surface area contributed by atoms with Crippen LogP contribution < -0.4 is 15.0 Å². The van der Waals surface area contributed by atoms with Gasteiger partial charge in [-0.25, -0.2) is 22.5 Å². The molecule has 0 radical (unpaired) electrons. The molecule has 1 aliphatic heterocycles. The van der Waals surface area contributed by atoms with E-state index >= 15 is 0 Å². The Balaban J connectivity index is 1.24. The molecule has 2 N–H and O–H groups in total. The molecule has 4 aromatic rings. The third-order valence-corrected chi connectivity index (χ3v) is 10.1. The molecule has 4 aromatic carbocycles. The van der Waals surface area contributed by atoms with Gasteiger partial charge in [-0.05, 0) is 78.4 Å². The zero-order chi connectivity index (χ0) is 32.4. The van der Waals surface area contributed by atoms with Gasteiger partial charge in [0.15, 0.2) is 0 Å². The van der Waals surface area contributed by atoms with Gasteiger partial charge in [0.25, 0.3) is 21.6 Å². The largest absolute Gasteiger partial charge is 0.378 e. The fourth-order valence-electron chi connectivity index (χ4n) is 6.04. The molecule has 0 fully saturated rings. The first-order chi connectivity index (χ1) is 22.1. The van der Waals surface area contributed by atoms with Gasteiger partial charge < -0.3 is 5.32 Å². The number of carbonyl (C=O) groups is 1. The zero-order valence-corrected chi connectivity index (χ0v) is 25.5. The van der Waals surface area contributed by atoms with E-state index in [0.29, 0.717) is 5.71 Å². The lowest BCUT2D eigenvalue weighted by Gasteiger charge is -2.37. The predicted molar refractivity (Wildman–Crippen MR) is 174 cm³/mol. The Labute approximate surface area is 265 Å². The fourth-order valence-corrected chi connectivity index (χ4v) is 7.50. The third-order valence-electron chi connectivity index (χ3n) is 8.32. The summed E-state index contributed by atoms with van der Waals surface area (Å²) in [5.41, 5.74) is 6.01. The number of anilines is 2. The summed E-state index contributed by atoms with van der Waals surface area (Å²) < 4.78 is 41.5. The molecule has 3 atom stereocenters. The molecule has 1 heterocycles. The standard InChI is InChI=1S/C34H30FN5O5S/c1-22(24-16-19-30-29(20-24)27-10-7-11-28(27)34(36-30)23-14-17-25(35)18-15-23)37-38-33(41)21-39(31-12-5-6-13-32(31)40(42)43)46(44,45)26-8-3-2-4-9-26/h2-10,12-20,27-28,34,36H,11,21H2,1H3,(H,38,41)/b37-22-/t27-,28-,34+/m1/s1. The molecule has 6 rings (SSSR count). The number of nitrogens with zero attached hydrogens (tertiary/aromatic N) is 3. The average molecular weight is 640 g/mol. The summed E-state index contributed by atoms with van der Waals surface area (Å²) in [6.07, 6.45) is 5.21. The molecule has 234 valence electrons. The van der Waals surface area contributed by atoms with Crippen LogP contribution in [0.25, 0.3) is 0 Å². The number of sulfonamides is 1. The van der Waals surface area contributed by atoms with E-state index in [0.717, 1.165) is 33.1 Å². The summed E-state index contributed by atoms with van der Waals surface area (Å²) >= 11 is 0. The van der Waals surface area contributed by atoms with E-state index < -0.39 is 33.1 Å². The van der Waals surface area contributed by atoms with Crippen LogP contribution in [0, 0.1) is 21.8 Å². The minimum atomic E-state index is -4.35. The second-order valence-electron chi connectivity index (χ2n) is 11.1. The Kier molecular flexibility index (Phi) is 8.37. The number of fused-ring (bicyclic) bond motifs is 3. The van der Waals surface area contributed by atoms with Crippen molar-refractivity contribution in [3.05, 3.63) is 142 Å². The number of carbonyl (C=O) groups excluding carboxylic acids is 1. The predicted octanol–water partition coefficient (Wildman–Crippen LogP) is 6.30. The molecule has 0 spiro atoms. The number of amides is 1. The van der Waals surface area contributed by atoms with Crippen molar-refractivity contribution < 1.29 is 22.5 Å². The van der Waals surface area contributed by atoms with Crippen LogP contribution in [-0.4, -0.2) is 31.5 Å². The van der Waals surface area contributed by atoms with E-state index in [1.165, 1.54) is 60.7 Å². The lowest BCUT2D eigenvalue weighted by atomic mass is 9.76. The highest BCUT2D eigenvalue weighted by Crippen LogP contribution is 2.50. The Bertz CT molecular complexity index is 1970. The van der Waals surface area contributed by atoms with Gasteiger partial charge >= 0.3 is 0 Å². The minimum Gasteiger partial charge on any atom is -0.378 e. The summed E-state index contributed by atoms with van der Waals surface area (Å²) in [7, 11) is -4.35. The first kappa shape index (κ1) is 30.7. The Morgan fingerprint density at radius 3 is 2.50 bits per heavy atom. The first-order valence-electron chi connectivity index (χ1n) is 14.6. The molecule has 1 amide bonds. The van der Waals surface area contributed by atoms with Crippen LogP contribution >= 0.6 is 0 Å². The normalized spacial score (nSPS) is 18.7. The number of nitrogens with one attached hydrogen (secondary N) is 2. The molecule has 1 aliphatic carbocycles. The van der Waals surface area contributed by atoms with Gasteiger partial charge in [0.05, 0.1) is 21.6 Å². The summed E-state index contributed by atoms with van der Waals surface area (Å²) in [6, 6.07) is 25.2. The van der Waals surface area contributed by atoms with Crippen LogP contribution in [0.2, 0.25) is 0 Å². The minimum absolute atomic E-state index is 0.0172. The van der Waals surface area contributed by atoms with Crippen molar-refractivity contribution in [1.29, 1.82) is 0 Å². The van der Waals surface area contributed by atoms with Crippen molar-refractivity contribution in [3.63, 3.8) is 0 Å². The average Bonchev–Trinajstić information content (AvgIpc) is 3.57.